The number of aromatic nitrogens is 4. The minimum Gasteiger partial charge on any atom is -0.337 e. The van der Waals surface area contributed by atoms with Crippen molar-refractivity contribution in [2.45, 2.75) is 39.8 Å². The van der Waals surface area contributed by atoms with Gasteiger partial charge in [-0.15, -0.1) is 0 Å². The predicted octanol–water partition coefficient (Wildman–Crippen LogP) is 3.37. The van der Waals surface area contributed by atoms with Crippen molar-refractivity contribution in [2.75, 3.05) is 0 Å². The van der Waals surface area contributed by atoms with E-state index in [0.29, 0.717) is 29.2 Å². The molecule has 148 valence electrons. The smallest absolute Gasteiger partial charge is 0.331 e. The van der Waals surface area contributed by atoms with E-state index in [0.717, 1.165) is 24.0 Å². The van der Waals surface area contributed by atoms with Crippen LogP contribution in [0.2, 0.25) is 0 Å². The van der Waals surface area contributed by atoms with E-state index < -0.39 is 0 Å². The lowest BCUT2D eigenvalue weighted by molar-refractivity contribution is 0.369. The summed E-state index contributed by atoms with van der Waals surface area (Å²) in [6, 6.07) is 14.9. The molecule has 0 amide bonds. The molecule has 0 unspecified atom stereocenters. The van der Waals surface area contributed by atoms with Gasteiger partial charge in [0.1, 0.15) is 6.54 Å². The summed E-state index contributed by atoms with van der Waals surface area (Å²) in [4.78, 5) is 30.3. The molecule has 0 atom stereocenters. The Kier molecular flexibility index (Phi) is 5.12. The Labute approximate surface area is 167 Å². The number of para-hydroxylation sites is 1. The second-order valence-electron chi connectivity index (χ2n) is 7.07. The van der Waals surface area contributed by atoms with Crippen LogP contribution in [-0.2, 0) is 13.1 Å². The molecule has 0 bridgehead atoms. The highest BCUT2D eigenvalue weighted by Crippen LogP contribution is 2.17. The quantitative estimate of drug-likeness (QED) is 0.504. The van der Waals surface area contributed by atoms with Crippen LogP contribution in [0.1, 0.15) is 31.2 Å². The van der Waals surface area contributed by atoms with E-state index in [-0.39, 0.29) is 17.8 Å². The van der Waals surface area contributed by atoms with Crippen molar-refractivity contribution >= 4 is 10.9 Å². The summed E-state index contributed by atoms with van der Waals surface area (Å²) >= 11 is 0. The maximum absolute atomic E-state index is 13.1. The molecule has 29 heavy (non-hydrogen) atoms. The molecule has 7 heteroatoms. The summed E-state index contributed by atoms with van der Waals surface area (Å²) in [5.41, 5.74) is 1.92. The number of hydrogen-bond donors (Lipinski definition) is 0. The van der Waals surface area contributed by atoms with Crippen LogP contribution in [-0.4, -0.2) is 19.3 Å². The molecule has 4 aromatic rings. The second kappa shape index (κ2) is 7.87. The highest BCUT2D eigenvalue weighted by molar-refractivity contribution is 5.77. The van der Waals surface area contributed by atoms with Gasteiger partial charge in [-0.1, -0.05) is 60.5 Å². The fraction of sp³-hybridized carbons (Fsp3) is 0.273. The van der Waals surface area contributed by atoms with E-state index in [9.17, 15) is 9.59 Å². The summed E-state index contributed by atoms with van der Waals surface area (Å²) in [6.07, 6.45) is 1.65. The minimum absolute atomic E-state index is 0.102. The number of nitrogens with zero attached hydrogens (tertiary/aromatic N) is 4. The van der Waals surface area contributed by atoms with Gasteiger partial charge < -0.3 is 4.52 Å². The first-order valence-corrected chi connectivity index (χ1v) is 9.70. The molecule has 0 aliphatic carbocycles. The van der Waals surface area contributed by atoms with E-state index in [2.05, 4.69) is 10.1 Å². The first kappa shape index (κ1) is 18.9. The van der Waals surface area contributed by atoms with E-state index in [1.807, 2.05) is 38.1 Å². The normalized spacial score (nSPS) is 11.2. The molecule has 4 rings (SSSR count). The average Bonchev–Trinajstić information content (AvgIpc) is 3.20. The lowest BCUT2D eigenvalue weighted by Gasteiger charge is -2.12. The van der Waals surface area contributed by atoms with E-state index in [1.54, 1.807) is 24.3 Å². The Morgan fingerprint density at radius 2 is 1.76 bits per heavy atom. The van der Waals surface area contributed by atoms with Crippen LogP contribution in [0.25, 0.3) is 22.3 Å². The predicted molar refractivity (Wildman–Crippen MR) is 111 cm³/mol. The first-order chi connectivity index (χ1) is 14.1. The molecule has 2 heterocycles. The van der Waals surface area contributed by atoms with Crippen molar-refractivity contribution in [3.8, 4) is 11.4 Å². The molecule has 0 N–H and O–H groups in total. The molecule has 2 aromatic carbocycles. The van der Waals surface area contributed by atoms with Crippen molar-refractivity contribution in [1.29, 1.82) is 0 Å². The molecule has 0 saturated carbocycles. The zero-order chi connectivity index (χ0) is 20.4. The Morgan fingerprint density at radius 1 is 1.00 bits per heavy atom. The third kappa shape index (κ3) is 3.63. The molecule has 0 aliphatic heterocycles. The molecule has 0 saturated heterocycles. The summed E-state index contributed by atoms with van der Waals surface area (Å²) in [5.74, 6) is 0.783. The highest BCUT2D eigenvalue weighted by Gasteiger charge is 2.16. The number of benzene rings is 2. The van der Waals surface area contributed by atoms with Crippen LogP contribution in [0.5, 0.6) is 0 Å². The van der Waals surface area contributed by atoms with Crippen LogP contribution in [0.3, 0.4) is 0 Å². The standard InChI is InChI=1S/C22H22N4O3/c1-3-4-13-25-21(27)17-7-5-6-8-18(17)26(22(25)28)14-19-23-20(24-29-19)16-11-9-15(2)10-12-16/h5-12H,3-4,13-14H2,1-2H3. The summed E-state index contributed by atoms with van der Waals surface area (Å²) in [7, 11) is 0. The second-order valence-corrected chi connectivity index (χ2v) is 7.07. The lowest BCUT2D eigenvalue weighted by atomic mass is 10.1. The Balaban J connectivity index is 1.77. The van der Waals surface area contributed by atoms with Gasteiger partial charge in [0, 0.05) is 12.1 Å². The number of hydrogen-bond acceptors (Lipinski definition) is 5. The number of rotatable bonds is 6. The first-order valence-electron chi connectivity index (χ1n) is 9.70. The van der Waals surface area contributed by atoms with Crippen LogP contribution in [0.15, 0.2) is 62.6 Å². The molecule has 0 spiro atoms. The zero-order valence-corrected chi connectivity index (χ0v) is 16.5. The maximum Gasteiger partial charge on any atom is 0.331 e. The molecule has 0 aliphatic rings. The van der Waals surface area contributed by atoms with E-state index in [4.69, 9.17) is 4.52 Å². The summed E-state index contributed by atoms with van der Waals surface area (Å²) < 4.78 is 8.22. The van der Waals surface area contributed by atoms with Gasteiger partial charge >= 0.3 is 5.69 Å². The highest BCUT2D eigenvalue weighted by atomic mass is 16.5. The van der Waals surface area contributed by atoms with E-state index >= 15 is 0 Å². The minimum atomic E-state index is -0.364. The van der Waals surface area contributed by atoms with Gasteiger partial charge in [-0.2, -0.15) is 4.98 Å². The Morgan fingerprint density at radius 3 is 2.52 bits per heavy atom. The average molecular weight is 390 g/mol. The largest absolute Gasteiger partial charge is 0.337 e. The molecule has 7 nitrogen and oxygen atoms in total. The Bertz CT molecular complexity index is 1270. The molecule has 0 radical (unpaired) electrons. The van der Waals surface area contributed by atoms with E-state index in [1.165, 1.54) is 9.13 Å². The van der Waals surface area contributed by atoms with Crippen LogP contribution < -0.4 is 11.2 Å². The Hall–Kier alpha value is -3.48. The van der Waals surface area contributed by atoms with Gasteiger partial charge in [0.05, 0.1) is 10.9 Å². The summed E-state index contributed by atoms with van der Waals surface area (Å²) in [5, 5.41) is 4.54. The topological polar surface area (TPSA) is 82.9 Å². The van der Waals surface area contributed by atoms with Crippen LogP contribution in [0, 0.1) is 6.92 Å². The van der Waals surface area contributed by atoms with Gasteiger partial charge in [-0.05, 0) is 25.5 Å². The van der Waals surface area contributed by atoms with Gasteiger partial charge in [0.15, 0.2) is 0 Å². The molecule has 2 aromatic heterocycles. The third-order valence-corrected chi connectivity index (χ3v) is 4.94. The van der Waals surface area contributed by atoms with Crippen molar-refractivity contribution in [1.82, 2.24) is 19.3 Å². The molecule has 0 fully saturated rings. The van der Waals surface area contributed by atoms with Gasteiger partial charge in [0.25, 0.3) is 5.56 Å². The van der Waals surface area contributed by atoms with Crippen molar-refractivity contribution < 1.29 is 4.52 Å². The van der Waals surface area contributed by atoms with Gasteiger partial charge in [-0.3, -0.25) is 13.9 Å². The van der Waals surface area contributed by atoms with Gasteiger partial charge in [0.2, 0.25) is 11.7 Å². The van der Waals surface area contributed by atoms with Crippen LogP contribution in [0.4, 0.5) is 0 Å². The van der Waals surface area contributed by atoms with Crippen LogP contribution >= 0.6 is 0 Å². The van der Waals surface area contributed by atoms with Gasteiger partial charge in [-0.25, -0.2) is 4.79 Å². The van der Waals surface area contributed by atoms with Crippen molar-refractivity contribution in [3.63, 3.8) is 0 Å². The fourth-order valence-corrected chi connectivity index (χ4v) is 3.31. The zero-order valence-electron chi connectivity index (χ0n) is 16.5. The number of unbranched alkanes of at least 4 members (excludes halogenated alkanes) is 1. The fourth-order valence-electron chi connectivity index (χ4n) is 3.31. The van der Waals surface area contributed by atoms with Crippen molar-refractivity contribution in [3.05, 3.63) is 80.8 Å². The third-order valence-electron chi connectivity index (χ3n) is 4.94. The SMILES string of the molecule is CCCCn1c(=O)c2ccccc2n(Cc2nc(-c3ccc(C)cc3)no2)c1=O. The number of aryl methyl sites for hydroxylation is 1. The van der Waals surface area contributed by atoms with Crippen molar-refractivity contribution in [2.24, 2.45) is 0 Å². The molecular weight excluding hydrogens is 368 g/mol. The number of fused-ring (bicyclic) bond motifs is 1. The maximum atomic E-state index is 13.1. The monoisotopic (exact) mass is 390 g/mol. The summed E-state index contributed by atoms with van der Waals surface area (Å²) in [6.45, 7) is 4.52. The lowest BCUT2D eigenvalue weighted by Crippen LogP contribution is -2.40. The molecular formula is C22H22N4O3.